The van der Waals surface area contributed by atoms with E-state index >= 15 is 0 Å². The van der Waals surface area contributed by atoms with E-state index in [4.69, 9.17) is 14.2 Å². The fourth-order valence-electron chi connectivity index (χ4n) is 2.85. The number of hydrogen-bond donors (Lipinski definition) is 1. The molecule has 35 heavy (non-hydrogen) atoms. The van der Waals surface area contributed by atoms with Crippen molar-refractivity contribution in [1.82, 2.24) is 5.43 Å². The molecule has 0 radical (unpaired) electrons. The van der Waals surface area contributed by atoms with Gasteiger partial charge in [0.15, 0.2) is 11.9 Å². The van der Waals surface area contributed by atoms with Crippen LogP contribution >= 0.6 is 0 Å². The molecule has 1 atom stereocenters. The standard InChI is InChI=1S/C25H23N3O7/c1-3-33-20-14-10-19(11-15-20)25(30)35-21-12-8-18(9-13-21)16-26-27-24(29)17(2)34-23-7-5-4-6-22(23)28(31)32/h4-17H,3H2,1-2H3,(H,27,29). The third kappa shape index (κ3) is 7.13. The molecule has 1 amide bonds. The first-order valence-electron chi connectivity index (χ1n) is 10.7. The summed E-state index contributed by atoms with van der Waals surface area (Å²) in [5, 5.41) is 14.9. The van der Waals surface area contributed by atoms with Crippen molar-refractivity contribution in [3.8, 4) is 17.2 Å². The maximum absolute atomic E-state index is 12.3. The number of amides is 1. The highest BCUT2D eigenvalue weighted by Gasteiger charge is 2.20. The van der Waals surface area contributed by atoms with Crippen LogP contribution in [-0.4, -0.2) is 35.7 Å². The molecule has 0 aliphatic carbocycles. The monoisotopic (exact) mass is 477 g/mol. The second-order valence-corrected chi connectivity index (χ2v) is 7.14. The highest BCUT2D eigenvalue weighted by molar-refractivity contribution is 5.91. The van der Waals surface area contributed by atoms with Crippen LogP contribution in [0.1, 0.15) is 29.8 Å². The van der Waals surface area contributed by atoms with E-state index in [2.05, 4.69) is 10.5 Å². The summed E-state index contributed by atoms with van der Waals surface area (Å²) < 4.78 is 16.1. The number of nitrogens with one attached hydrogen (secondary N) is 1. The normalized spacial score (nSPS) is 11.5. The molecule has 1 N–H and O–H groups in total. The van der Waals surface area contributed by atoms with E-state index in [-0.39, 0.29) is 11.4 Å². The molecule has 0 fully saturated rings. The number of benzene rings is 3. The first-order chi connectivity index (χ1) is 16.9. The van der Waals surface area contributed by atoms with Crippen LogP contribution in [0.5, 0.6) is 17.2 Å². The molecule has 3 aromatic rings. The molecule has 0 bridgehead atoms. The Balaban J connectivity index is 1.51. The average molecular weight is 477 g/mol. The van der Waals surface area contributed by atoms with Crippen LogP contribution < -0.4 is 19.6 Å². The first-order valence-corrected chi connectivity index (χ1v) is 10.7. The zero-order valence-corrected chi connectivity index (χ0v) is 19.0. The van der Waals surface area contributed by atoms with Gasteiger partial charge in [-0.1, -0.05) is 12.1 Å². The molecule has 0 aliphatic heterocycles. The Hall–Kier alpha value is -4.73. The Morgan fingerprint density at radius 2 is 1.69 bits per heavy atom. The lowest BCUT2D eigenvalue weighted by Crippen LogP contribution is -2.33. The molecule has 10 heteroatoms. The Kier molecular flexibility index (Phi) is 8.49. The number of nitro benzene ring substituents is 1. The number of hydrogen-bond acceptors (Lipinski definition) is 8. The van der Waals surface area contributed by atoms with Crippen molar-refractivity contribution in [2.45, 2.75) is 20.0 Å². The molecule has 0 aliphatic rings. The quantitative estimate of drug-likeness (QED) is 0.153. The van der Waals surface area contributed by atoms with E-state index in [1.54, 1.807) is 54.6 Å². The maximum atomic E-state index is 12.3. The summed E-state index contributed by atoms with van der Waals surface area (Å²) >= 11 is 0. The van der Waals surface area contributed by atoms with E-state index in [9.17, 15) is 19.7 Å². The molecule has 0 heterocycles. The van der Waals surface area contributed by atoms with Gasteiger partial charge >= 0.3 is 11.7 Å². The topological polar surface area (TPSA) is 129 Å². The lowest BCUT2D eigenvalue weighted by atomic mass is 10.2. The minimum atomic E-state index is -1.02. The lowest BCUT2D eigenvalue weighted by molar-refractivity contribution is -0.386. The SMILES string of the molecule is CCOc1ccc(C(=O)Oc2ccc(C=NNC(=O)C(C)Oc3ccccc3[N+](=O)[O-])cc2)cc1. The third-order valence-corrected chi connectivity index (χ3v) is 4.61. The molecule has 1 unspecified atom stereocenters. The summed E-state index contributed by atoms with van der Waals surface area (Å²) in [5.41, 5.74) is 3.11. The summed E-state index contributed by atoms with van der Waals surface area (Å²) in [6.07, 6.45) is 0.380. The van der Waals surface area contributed by atoms with E-state index in [1.807, 2.05) is 6.92 Å². The van der Waals surface area contributed by atoms with E-state index in [1.165, 1.54) is 31.3 Å². The molecular weight excluding hydrogens is 454 g/mol. The minimum Gasteiger partial charge on any atom is -0.494 e. The number of esters is 1. The van der Waals surface area contributed by atoms with E-state index in [0.29, 0.717) is 29.2 Å². The molecule has 10 nitrogen and oxygen atoms in total. The van der Waals surface area contributed by atoms with Crippen molar-refractivity contribution >= 4 is 23.8 Å². The third-order valence-electron chi connectivity index (χ3n) is 4.61. The second-order valence-electron chi connectivity index (χ2n) is 7.14. The van der Waals surface area contributed by atoms with E-state index < -0.39 is 22.9 Å². The Labute approximate surface area is 201 Å². The number of nitrogens with zero attached hydrogens (tertiary/aromatic N) is 2. The minimum absolute atomic E-state index is 0.0144. The number of carbonyl (C=O) groups excluding carboxylic acids is 2. The molecule has 3 aromatic carbocycles. The van der Waals surface area contributed by atoms with Crippen LogP contribution in [0.2, 0.25) is 0 Å². The van der Waals surface area contributed by atoms with Crippen LogP contribution in [0.4, 0.5) is 5.69 Å². The van der Waals surface area contributed by atoms with Crippen LogP contribution in [0.25, 0.3) is 0 Å². The first kappa shape index (κ1) is 24.9. The van der Waals surface area contributed by atoms with Gasteiger partial charge in [-0.3, -0.25) is 14.9 Å². The van der Waals surface area contributed by atoms with Gasteiger partial charge in [0.25, 0.3) is 5.91 Å². The molecule has 0 saturated heterocycles. The number of carbonyl (C=O) groups is 2. The van der Waals surface area contributed by atoms with Crippen molar-refractivity contribution < 1.29 is 28.7 Å². The second kappa shape index (κ2) is 11.9. The average Bonchev–Trinajstić information content (AvgIpc) is 2.85. The fraction of sp³-hybridized carbons (Fsp3) is 0.160. The summed E-state index contributed by atoms with van der Waals surface area (Å²) in [6, 6.07) is 18.9. The van der Waals surface area contributed by atoms with Gasteiger partial charge in [-0.25, -0.2) is 10.2 Å². The lowest BCUT2D eigenvalue weighted by Gasteiger charge is -2.12. The fourth-order valence-corrected chi connectivity index (χ4v) is 2.85. The summed E-state index contributed by atoms with van der Waals surface area (Å²) in [4.78, 5) is 35.0. The number of rotatable bonds is 10. The van der Waals surface area contributed by atoms with Crippen molar-refractivity contribution in [2.75, 3.05) is 6.61 Å². The van der Waals surface area contributed by atoms with Crippen LogP contribution in [0, 0.1) is 10.1 Å². The van der Waals surface area contributed by atoms with Crippen LogP contribution in [-0.2, 0) is 4.79 Å². The van der Waals surface area contributed by atoms with Crippen LogP contribution in [0.15, 0.2) is 77.9 Å². The molecule has 0 saturated carbocycles. The predicted molar refractivity (Wildman–Crippen MR) is 128 cm³/mol. The number of para-hydroxylation sites is 2. The molecule has 0 aromatic heterocycles. The summed E-state index contributed by atoms with van der Waals surface area (Å²) in [7, 11) is 0. The zero-order valence-electron chi connectivity index (χ0n) is 19.0. The summed E-state index contributed by atoms with van der Waals surface area (Å²) in [6.45, 7) is 3.87. The van der Waals surface area contributed by atoms with Crippen molar-refractivity contribution in [1.29, 1.82) is 0 Å². The zero-order chi connectivity index (χ0) is 25.2. The number of hydrazone groups is 1. The highest BCUT2D eigenvalue weighted by Crippen LogP contribution is 2.26. The molecule has 0 spiro atoms. The molecule has 180 valence electrons. The van der Waals surface area contributed by atoms with Gasteiger partial charge in [0.2, 0.25) is 0 Å². The Bertz CT molecular complexity index is 1210. The van der Waals surface area contributed by atoms with Crippen molar-refractivity contribution in [2.24, 2.45) is 5.10 Å². The van der Waals surface area contributed by atoms with Gasteiger partial charge in [-0.15, -0.1) is 0 Å². The smallest absolute Gasteiger partial charge is 0.343 e. The van der Waals surface area contributed by atoms with Crippen molar-refractivity contribution in [3.05, 3.63) is 94.0 Å². The predicted octanol–water partition coefficient (Wildman–Crippen LogP) is 4.13. The molecule has 3 rings (SSSR count). The Morgan fingerprint density at radius 3 is 2.34 bits per heavy atom. The van der Waals surface area contributed by atoms with E-state index in [0.717, 1.165) is 0 Å². The van der Waals surface area contributed by atoms with Crippen LogP contribution in [0.3, 0.4) is 0 Å². The van der Waals surface area contributed by atoms with Gasteiger partial charge in [-0.2, -0.15) is 5.10 Å². The number of nitro groups is 1. The summed E-state index contributed by atoms with van der Waals surface area (Å²) in [5.74, 6) is -0.0900. The van der Waals surface area contributed by atoms with Crippen molar-refractivity contribution in [3.63, 3.8) is 0 Å². The highest BCUT2D eigenvalue weighted by atomic mass is 16.6. The van der Waals surface area contributed by atoms with Gasteiger partial charge in [0.05, 0.1) is 23.3 Å². The van der Waals surface area contributed by atoms with Gasteiger partial charge < -0.3 is 14.2 Å². The Morgan fingerprint density at radius 1 is 1.03 bits per heavy atom. The maximum Gasteiger partial charge on any atom is 0.343 e. The number of ether oxygens (including phenoxy) is 3. The largest absolute Gasteiger partial charge is 0.494 e. The van der Waals surface area contributed by atoms with Gasteiger partial charge in [-0.05, 0) is 74.0 Å². The van der Waals surface area contributed by atoms with Gasteiger partial charge in [0.1, 0.15) is 11.5 Å². The molecular formula is C25H23N3O7. The van der Waals surface area contributed by atoms with Gasteiger partial charge in [0, 0.05) is 6.07 Å².